The number of nitrogens with zero attached hydrogens (tertiary/aromatic N) is 1. The number of carbonyl (C=O) groups excluding carboxylic acids is 1. The van der Waals surface area contributed by atoms with Crippen LogP contribution in [0, 0.1) is 13.8 Å². The summed E-state index contributed by atoms with van der Waals surface area (Å²) in [5.41, 5.74) is 4.28. The van der Waals surface area contributed by atoms with E-state index in [0.29, 0.717) is 11.3 Å². The van der Waals surface area contributed by atoms with Crippen molar-refractivity contribution in [3.05, 3.63) is 64.3 Å². The fourth-order valence-electron chi connectivity index (χ4n) is 2.80. The van der Waals surface area contributed by atoms with E-state index in [1.807, 2.05) is 26.0 Å². The summed E-state index contributed by atoms with van der Waals surface area (Å²) in [4.78, 5) is 23.2. The van der Waals surface area contributed by atoms with Crippen molar-refractivity contribution in [1.29, 1.82) is 0 Å². The molecule has 2 N–H and O–H groups in total. The summed E-state index contributed by atoms with van der Waals surface area (Å²) in [6.45, 7) is 4.19. The number of carbonyl (C=O) groups is 2. The number of amides is 1. The van der Waals surface area contributed by atoms with Gasteiger partial charge in [-0.2, -0.15) is 0 Å². The van der Waals surface area contributed by atoms with Crippen molar-refractivity contribution < 1.29 is 19.2 Å². The van der Waals surface area contributed by atoms with Crippen LogP contribution in [0.1, 0.15) is 32.7 Å². The minimum absolute atomic E-state index is 0.106. The number of carboxylic acid groups (broad SMARTS) is 1. The summed E-state index contributed by atoms with van der Waals surface area (Å²) in [5, 5.41) is 16.6. The average molecular weight is 338 g/mol. The van der Waals surface area contributed by atoms with E-state index >= 15 is 0 Å². The van der Waals surface area contributed by atoms with Gasteiger partial charge in [0.15, 0.2) is 5.58 Å². The Hall–Kier alpha value is -3.15. The molecule has 25 heavy (non-hydrogen) atoms. The highest BCUT2D eigenvalue weighted by atomic mass is 16.5. The minimum Gasteiger partial charge on any atom is -0.478 e. The molecule has 0 aliphatic heterocycles. The molecule has 0 atom stereocenters. The van der Waals surface area contributed by atoms with Crippen LogP contribution < -0.4 is 5.32 Å². The molecule has 0 aliphatic rings. The predicted molar refractivity (Wildman–Crippen MR) is 92.4 cm³/mol. The molecule has 0 bridgehead atoms. The van der Waals surface area contributed by atoms with Crippen LogP contribution in [0.5, 0.6) is 0 Å². The smallest absolute Gasteiger partial charge is 0.335 e. The molecule has 2 aromatic carbocycles. The van der Waals surface area contributed by atoms with Crippen LogP contribution in [0.25, 0.3) is 11.0 Å². The Morgan fingerprint density at radius 2 is 2.00 bits per heavy atom. The lowest BCUT2D eigenvalue weighted by Gasteiger charge is -2.05. The van der Waals surface area contributed by atoms with Gasteiger partial charge in [-0.25, -0.2) is 4.79 Å². The molecule has 128 valence electrons. The van der Waals surface area contributed by atoms with Gasteiger partial charge >= 0.3 is 5.97 Å². The van der Waals surface area contributed by atoms with E-state index in [9.17, 15) is 9.59 Å². The van der Waals surface area contributed by atoms with Crippen molar-refractivity contribution in [3.63, 3.8) is 0 Å². The van der Waals surface area contributed by atoms with E-state index < -0.39 is 5.97 Å². The second kappa shape index (κ2) is 6.76. The number of hydrogen-bond donors (Lipinski definition) is 2. The number of carboxylic acids is 1. The van der Waals surface area contributed by atoms with E-state index in [2.05, 4.69) is 10.5 Å². The molecule has 0 unspecified atom stereocenters. The van der Waals surface area contributed by atoms with Crippen molar-refractivity contribution in [3.8, 4) is 0 Å². The van der Waals surface area contributed by atoms with Crippen molar-refractivity contribution >= 4 is 22.8 Å². The molecule has 0 aliphatic carbocycles. The van der Waals surface area contributed by atoms with Gasteiger partial charge in [0, 0.05) is 11.9 Å². The predicted octanol–water partition coefficient (Wildman–Crippen LogP) is 3.00. The van der Waals surface area contributed by atoms with Gasteiger partial charge in [-0.1, -0.05) is 23.4 Å². The van der Waals surface area contributed by atoms with E-state index in [-0.39, 0.29) is 24.4 Å². The molecule has 6 heteroatoms. The first-order valence-electron chi connectivity index (χ1n) is 7.88. The molecular weight excluding hydrogens is 320 g/mol. The zero-order valence-corrected chi connectivity index (χ0v) is 14.0. The van der Waals surface area contributed by atoms with Gasteiger partial charge in [-0.15, -0.1) is 0 Å². The second-order valence-electron chi connectivity index (χ2n) is 6.05. The molecule has 0 fully saturated rings. The Kier molecular flexibility index (Phi) is 4.52. The third kappa shape index (κ3) is 3.68. The van der Waals surface area contributed by atoms with E-state index in [1.54, 1.807) is 18.2 Å². The molecular formula is C19H18N2O4. The Morgan fingerprint density at radius 1 is 1.20 bits per heavy atom. The highest BCUT2D eigenvalue weighted by molar-refractivity contribution is 5.89. The molecule has 0 saturated heterocycles. The lowest BCUT2D eigenvalue weighted by Crippen LogP contribution is -2.24. The first-order chi connectivity index (χ1) is 11.9. The summed E-state index contributed by atoms with van der Waals surface area (Å²) in [6.07, 6.45) is 0.106. The van der Waals surface area contributed by atoms with Crippen LogP contribution >= 0.6 is 0 Å². The molecule has 0 radical (unpaired) electrons. The van der Waals surface area contributed by atoms with Gasteiger partial charge in [0.2, 0.25) is 5.91 Å². The number of aryl methyl sites for hydroxylation is 2. The SMILES string of the molecule is Cc1cc(C)c2onc(CC(=O)NCc3cccc(C(=O)O)c3)c2c1. The third-order valence-electron chi connectivity index (χ3n) is 3.97. The van der Waals surface area contributed by atoms with Gasteiger partial charge in [-0.3, -0.25) is 4.79 Å². The van der Waals surface area contributed by atoms with Gasteiger partial charge in [0.05, 0.1) is 12.0 Å². The number of benzene rings is 2. The fraction of sp³-hybridized carbons (Fsp3) is 0.211. The van der Waals surface area contributed by atoms with Crippen molar-refractivity contribution in [1.82, 2.24) is 10.5 Å². The van der Waals surface area contributed by atoms with Gasteiger partial charge in [0.1, 0.15) is 5.69 Å². The Balaban J connectivity index is 1.69. The average Bonchev–Trinajstić information content (AvgIpc) is 2.96. The van der Waals surface area contributed by atoms with Crippen LogP contribution in [0.3, 0.4) is 0 Å². The number of hydrogen-bond acceptors (Lipinski definition) is 4. The first kappa shape index (κ1) is 16.7. The van der Waals surface area contributed by atoms with Crippen LogP contribution in [0.2, 0.25) is 0 Å². The number of rotatable bonds is 5. The van der Waals surface area contributed by atoms with Crippen molar-refractivity contribution in [2.24, 2.45) is 0 Å². The maximum atomic E-state index is 12.2. The fourth-order valence-corrected chi connectivity index (χ4v) is 2.80. The Labute approximate surface area is 144 Å². The minimum atomic E-state index is -0.993. The molecule has 0 spiro atoms. The Bertz CT molecular complexity index is 959. The zero-order chi connectivity index (χ0) is 18.0. The number of fused-ring (bicyclic) bond motifs is 1. The highest BCUT2D eigenvalue weighted by Gasteiger charge is 2.14. The Morgan fingerprint density at radius 3 is 2.76 bits per heavy atom. The summed E-state index contributed by atoms with van der Waals surface area (Å²) in [5.74, 6) is -1.19. The van der Waals surface area contributed by atoms with Crippen molar-refractivity contribution in [2.75, 3.05) is 0 Å². The summed E-state index contributed by atoms with van der Waals surface area (Å²) in [6, 6.07) is 10.4. The molecule has 1 heterocycles. The largest absolute Gasteiger partial charge is 0.478 e. The highest BCUT2D eigenvalue weighted by Crippen LogP contribution is 2.24. The maximum Gasteiger partial charge on any atom is 0.335 e. The van der Waals surface area contributed by atoms with Gasteiger partial charge in [0.25, 0.3) is 0 Å². The van der Waals surface area contributed by atoms with E-state index in [4.69, 9.17) is 9.63 Å². The van der Waals surface area contributed by atoms with Crippen LogP contribution in [-0.2, 0) is 17.8 Å². The first-order valence-corrected chi connectivity index (χ1v) is 7.88. The van der Waals surface area contributed by atoms with Gasteiger partial charge < -0.3 is 14.9 Å². The normalized spacial score (nSPS) is 10.8. The second-order valence-corrected chi connectivity index (χ2v) is 6.05. The topological polar surface area (TPSA) is 92.4 Å². The summed E-state index contributed by atoms with van der Waals surface area (Å²) >= 11 is 0. The maximum absolute atomic E-state index is 12.2. The van der Waals surface area contributed by atoms with E-state index in [0.717, 1.165) is 22.1 Å². The molecule has 6 nitrogen and oxygen atoms in total. The lowest BCUT2D eigenvalue weighted by atomic mass is 10.1. The standard InChI is InChI=1S/C19H18N2O4/c1-11-6-12(2)18-15(7-11)16(21-25-18)9-17(22)20-10-13-4-3-5-14(8-13)19(23)24/h3-8H,9-10H2,1-2H3,(H,20,22)(H,23,24). The van der Waals surface area contributed by atoms with Crippen LogP contribution in [0.15, 0.2) is 40.9 Å². The van der Waals surface area contributed by atoms with Gasteiger partial charge in [-0.05, 0) is 48.7 Å². The monoisotopic (exact) mass is 338 g/mol. The molecule has 3 rings (SSSR count). The molecule has 1 aromatic heterocycles. The summed E-state index contributed by atoms with van der Waals surface area (Å²) < 4.78 is 5.35. The summed E-state index contributed by atoms with van der Waals surface area (Å²) in [7, 11) is 0. The molecule has 3 aromatic rings. The van der Waals surface area contributed by atoms with Crippen LogP contribution in [0.4, 0.5) is 0 Å². The number of aromatic nitrogens is 1. The molecule has 0 saturated carbocycles. The van der Waals surface area contributed by atoms with Crippen molar-refractivity contribution in [2.45, 2.75) is 26.8 Å². The lowest BCUT2D eigenvalue weighted by molar-refractivity contribution is -0.120. The molecule has 1 amide bonds. The van der Waals surface area contributed by atoms with E-state index in [1.165, 1.54) is 6.07 Å². The van der Waals surface area contributed by atoms with Crippen LogP contribution in [-0.4, -0.2) is 22.1 Å². The zero-order valence-electron chi connectivity index (χ0n) is 14.0. The third-order valence-corrected chi connectivity index (χ3v) is 3.97. The number of nitrogens with one attached hydrogen (secondary N) is 1. The quantitative estimate of drug-likeness (QED) is 0.746. The number of aromatic carboxylic acids is 1.